The van der Waals surface area contributed by atoms with Crippen molar-refractivity contribution in [1.29, 1.82) is 0 Å². The minimum absolute atomic E-state index is 0.0510. The lowest BCUT2D eigenvalue weighted by atomic mass is 9.79. The number of carbonyl (C=O) groups is 1. The minimum atomic E-state index is -0.0510. The predicted molar refractivity (Wildman–Crippen MR) is 91.9 cm³/mol. The Morgan fingerprint density at radius 1 is 1.17 bits per heavy atom. The summed E-state index contributed by atoms with van der Waals surface area (Å²) in [6.45, 7) is 0. The smallest absolute Gasteiger partial charge is 0.308 e. The first-order chi connectivity index (χ1) is 11.7. The van der Waals surface area contributed by atoms with Gasteiger partial charge >= 0.3 is 5.97 Å². The Morgan fingerprint density at radius 2 is 1.96 bits per heavy atom. The second-order valence-corrected chi connectivity index (χ2v) is 6.47. The highest BCUT2D eigenvalue weighted by Gasteiger charge is 2.26. The van der Waals surface area contributed by atoms with Crippen LogP contribution in [0.4, 0.5) is 0 Å². The van der Waals surface area contributed by atoms with Crippen LogP contribution in [-0.2, 0) is 16.0 Å². The molecule has 0 bridgehead atoms. The van der Waals surface area contributed by atoms with Gasteiger partial charge in [-0.1, -0.05) is 0 Å². The summed E-state index contributed by atoms with van der Waals surface area (Å²) in [5.41, 5.74) is 3.05. The molecule has 0 amide bonds. The van der Waals surface area contributed by atoms with Gasteiger partial charge in [0.2, 0.25) is 5.88 Å². The van der Waals surface area contributed by atoms with Crippen molar-refractivity contribution in [3.8, 4) is 5.88 Å². The summed E-state index contributed by atoms with van der Waals surface area (Å²) in [5.74, 6) is 1.33. The van der Waals surface area contributed by atoms with Crippen molar-refractivity contribution >= 4 is 17.0 Å². The summed E-state index contributed by atoms with van der Waals surface area (Å²) in [7, 11) is 3.11. The van der Waals surface area contributed by atoms with E-state index in [2.05, 4.69) is 16.0 Å². The minimum Gasteiger partial charge on any atom is -0.481 e. The van der Waals surface area contributed by atoms with E-state index in [0.717, 1.165) is 49.6 Å². The van der Waals surface area contributed by atoms with Crippen LogP contribution in [-0.4, -0.2) is 30.2 Å². The maximum Gasteiger partial charge on any atom is 0.308 e. The van der Waals surface area contributed by atoms with Crippen molar-refractivity contribution in [3.05, 3.63) is 30.0 Å². The van der Waals surface area contributed by atoms with Gasteiger partial charge in [-0.15, -0.1) is 0 Å². The van der Waals surface area contributed by atoms with Crippen LogP contribution in [0.25, 0.3) is 11.0 Å². The third-order valence-corrected chi connectivity index (χ3v) is 5.05. The van der Waals surface area contributed by atoms with Crippen LogP contribution in [0.3, 0.4) is 0 Å². The molecular weight excluding hydrogens is 304 g/mol. The molecule has 0 N–H and O–H groups in total. The molecule has 24 heavy (non-hydrogen) atoms. The molecule has 1 saturated carbocycles. The molecule has 0 saturated heterocycles. The number of aromatic nitrogens is 2. The molecule has 0 unspecified atom stereocenters. The fourth-order valence-electron chi connectivity index (χ4n) is 3.59. The predicted octanol–water partition coefficient (Wildman–Crippen LogP) is 3.55. The lowest BCUT2D eigenvalue weighted by Gasteiger charge is -2.26. The average Bonchev–Trinajstić information content (AvgIpc) is 2.65. The van der Waals surface area contributed by atoms with Crippen LogP contribution in [0.2, 0.25) is 0 Å². The van der Waals surface area contributed by atoms with Crippen molar-refractivity contribution in [1.82, 2.24) is 9.97 Å². The summed E-state index contributed by atoms with van der Waals surface area (Å²) in [4.78, 5) is 20.5. The first-order valence-electron chi connectivity index (χ1n) is 8.57. The number of rotatable bonds is 5. The van der Waals surface area contributed by atoms with Crippen LogP contribution in [0.5, 0.6) is 5.88 Å². The number of methoxy groups -OCH3 is 2. The maximum absolute atomic E-state index is 11.6. The van der Waals surface area contributed by atoms with Gasteiger partial charge < -0.3 is 9.47 Å². The van der Waals surface area contributed by atoms with E-state index in [9.17, 15) is 4.79 Å². The van der Waals surface area contributed by atoms with E-state index in [1.807, 2.05) is 18.3 Å². The summed E-state index contributed by atoms with van der Waals surface area (Å²) in [6, 6.07) is 5.84. The quantitative estimate of drug-likeness (QED) is 0.786. The second-order valence-electron chi connectivity index (χ2n) is 6.47. The molecule has 0 aliphatic heterocycles. The first kappa shape index (κ1) is 16.7. The topological polar surface area (TPSA) is 61.3 Å². The van der Waals surface area contributed by atoms with Gasteiger partial charge in [-0.2, -0.15) is 0 Å². The van der Waals surface area contributed by atoms with Gasteiger partial charge in [0.05, 0.1) is 31.2 Å². The van der Waals surface area contributed by atoms with E-state index < -0.39 is 0 Å². The molecule has 2 aromatic heterocycles. The molecule has 128 valence electrons. The summed E-state index contributed by atoms with van der Waals surface area (Å²) in [6.07, 6.45) is 8.03. The van der Waals surface area contributed by atoms with Crippen molar-refractivity contribution in [2.75, 3.05) is 14.2 Å². The van der Waals surface area contributed by atoms with Gasteiger partial charge in [0, 0.05) is 12.3 Å². The van der Waals surface area contributed by atoms with E-state index in [-0.39, 0.29) is 11.9 Å². The molecule has 0 spiro atoms. The van der Waals surface area contributed by atoms with Crippen LogP contribution >= 0.6 is 0 Å². The van der Waals surface area contributed by atoms with Crippen molar-refractivity contribution in [3.63, 3.8) is 0 Å². The lowest BCUT2D eigenvalue weighted by Crippen LogP contribution is -2.23. The first-order valence-corrected chi connectivity index (χ1v) is 8.57. The Labute approximate surface area is 142 Å². The van der Waals surface area contributed by atoms with Gasteiger partial charge in [-0.3, -0.25) is 9.78 Å². The number of esters is 1. The Kier molecular flexibility index (Phi) is 5.28. The summed E-state index contributed by atoms with van der Waals surface area (Å²) >= 11 is 0. The molecule has 2 heterocycles. The van der Waals surface area contributed by atoms with Gasteiger partial charge in [-0.05, 0) is 62.1 Å². The molecule has 1 aliphatic carbocycles. The van der Waals surface area contributed by atoms with Crippen molar-refractivity contribution in [2.24, 2.45) is 11.8 Å². The second kappa shape index (κ2) is 7.60. The van der Waals surface area contributed by atoms with E-state index in [0.29, 0.717) is 11.8 Å². The molecule has 5 heteroatoms. The Morgan fingerprint density at radius 3 is 2.67 bits per heavy atom. The van der Waals surface area contributed by atoms with Crippen LogP contribution in [0.1, 0.15) is 37.7 Å². The Hall–Kier alpha value is -2.17. The zero-order chi connectivity index (χ0) is 16.9. The molecule has 3 rings (SSSR count). The number of pyridine rings is 2. The van der Waals surface area contributed by atoms with Crippen LogP contribution < -0.4 is 4.74 Å². The largest absolute Gasteiger partial charge is 0.481 e. The van der Waals surface area contributed by atoms with E-state index in [4.69, 9.17) is 9.47 Å². The number of carbonyl (C=O) groups excluding carboxylic acids is 1. The molecule has 1 fully saturated rings. The third-order valence-electron chi connectivity index (χ3n) is 5.05. The van der Waals surface area contributed by atoms with Crippen LogP contribution in [0, 0.1) is 11.8 Å². The molecule has 0 aromatic carbocycles. The fraction of sp³-hybridized carbons (Fsp3) is 0.526. The monoisotopic (exact) mass is 328 g/mol. The standard InChI is InChI=1S/C19H24N2O3/c1-23-17-10-9-16-18(21-17)14(11-12-20-16)6-3-13-4-7-15(8-5-13)19(22)24-2/h9-13,15H,3-8H2,1-2H3. The molecule has 0 atom stereocenters. The fourth-order valence-corrected chi connectivity index (χ4v) is 3.59. The number of hydrogen-bond donors (Lipinski definition) is 0. The number of aryl methyl sites for hydroxylation is 1. The molecule has 0 radical (unpaired) electrons. The summed E-state index contributed by atoms with van der Waals surface area (Å²) in [5, 5.41) is 0. The lowest BCUT2D eigenvalue weighted by molar-refractivity contribution is -0.146. The SMILES string of the molecule is COC(=O)C1CCC(CCc2ccnc3ccc(OC)nc23)CC1. The van der Waals surface area contributed by atoms with E-state index in [1.165, 1.54) is 12.7 Å². The summed E-state index contributed by atoms with van der Waals surface area (Å²) < 4.78 is 10.1. The Balaban J connectivity index is 1.63. The number of ether oxygens (including phenoxy) is 2. The highest BCUT2D eigenvalue weighted by Crippen LogP contribution is 2.32. The highest BCUT2D eigenvalue weighted by molar-refractivity contribution is 5.78. The van der Waals surface area contributed by atoms with E-state index in [1.54, 1.807) is 7.11 Å². The zero-order valence-corrected chi connectivity index (χ0v) is 14.3. The zero-order valence-electron chi connectivity index (χ0n) is 14.3. The van der Waals surface area contributed by atoms with Crippen molar-refractivity contribution < 1.29 is 14.3 Å². The normalized spacial score (nSPS) is 20.8. The number of nitrogens with zero attached hydrogens (tertiary/aromatic N) is 2. The molecule has 5 nitrogen and oxygen atoms in total. The van der Waals surface area contributed by atoms with Crippen LogP contribution in [0.15, 0.2) is 24.4 Å². The Bertz CT molecular complexity index is 709. The van der Waals surface area contributed by atoms with Gasteiger partial charge in [0.25, 0.3) is 0 Å². The third kappa shape index (κ3) is 3.66. The van der Waals surface area contributed by atoms with Gasteiger partial charge in [0.15, 0.2) is 0 Å². The van der Waals surface area contributed by atoms with Gasteiger partial charge in [-0.25, -0.2) is 4.98 Å². The molecule has 2 aromatic rings. The average molecular weight is 328 g/mol. The number of hydrogen-bond acceptors (Lipinski definition) is 5. The molecule has 1 aliphatic rings. The maximum atomic E-state index is 11.6. The van der Waals surface area contributed by atoms with Gasteiger partial charge in [0.1, 0.15) is 0 Å². The van der Waals surface area contributed by atoms with Crippen molar-refractivity contribution in [2.45, 2.75) is 38.5 Å². The highest BCUT2D eigenvalue weighted by atomic mass is 16.5. The van der Waals surface area contributed by atoms with E-state index >= 15 is 0 Å². The molecular formula is C19H24N2O3. The number of fused-ring (bicyclic) bond motifs is 1.